The Balaban J connectivity index is -0.000000273. The summed E-state index contributed by atoms with van der Waals surface area (Å²) in [7, 11) is 0. The van der Waals surface area contributed by atoms with E-state index in [2.05, 4.69) is 104 Å². The second kappa shape index (κ2) is 15.2. The van der Waals surface area contributed by atoms with Crippen molar-refractivity contribution in [3.05, 3.63) is 48.5 Å². The van der Waals surface area contributed by atoms with Crippen molar-refractivity contribution < 1.29 is 0 Å². The summed E-state index contributed by atoms with van der Waals surface area (Å²) in [5.41, 5.74) is 1.00. The third kappa shape index (κ3) is 28.8. The van der Waals surface area contributed by atoms with Gasteiger partial charge in [-0.1, -0.05) is 132 Å². The topological polar surface area (TPSA) is 0 Å². The van der Waals surface area contributed by atoms with Gasteiger partial charge in [-0.15, -0.1) is 0 Å². The van der Waals surface area contributed by atoms with E-state index in [9.17, 15) is 0 Å². The van der Waals surface area contributed by atoms with E-state index >= 15 is 0 Å². The fourth-order valence-electron chi connectivity index (χ4n) is 1.13. The summed E-state index contributed by atoms with van der Waals surface area (Å²) in [6.07, 6.45) is 0. The molecule has 0 heteroatoms. The van der Waals surface area contributed by atoms with E-state index in [1.165, 1.54) is 10.8 Å². The quantitative estimate of drug-likeness (QED) is 0.451. The Labute approximate surface area is 153 Å². The molecule has 0 heterocycles. The van der Waals surface area contributed by atoms with Crippen molar-refractivity contribution in [1.29, 1.82) is 0 Å². The molecule has 0 aliphatic rings. The van der Waals surface area contributed by atoms with E-state index in [-0.39, 0.29) is 0 Å². The van der Waals surface area contributed by atoms with E-state index in [1.807, 2.05) is 27.7 Å². The van der Waals surface area contributed by atoms with Crippen molar-refractivity contribution in [2.45, 2.75) is 83.1 Å². The maximum absolute atomic E-state index is 2.19. The molecule has 2 aromatic rings. The summed E-state index contributed by atoms with van der Waals surface area (Å²) >= 11 is 0. The fraction of sp³-hybridized carbons (Fsp3) is 0.583. The highest BCUT2D eigenvalue weighted by Crippen LogP contribution is 2.11. The predicted molar refractivity (Wildman–Crippen MR) is 117 cm³/mol. The van der Waals surface area contributed by atoms with Crippen molar-refractivity contribution in [2.24, 2.45) is 10.8 Å². The van der Waals surface area contributed by atoms with Gasteiger partial charge in [0, 0.05) is 0 Å². The lowest BCUT2D eigenvalue weighted by Crippen LogP contribution is -1.93. The summed E-state index contributed by atoms with van der Waals surface area (Å²) in [4.78, 5) is 0. The number of fused-ring (bicyclic) bond motifs is 1. The number of hydrogen-bond acceptors (Lipinski definition) is 0. The summed E-state index contributed by atoms with van der Waals surface area (Å²) < 4.78 is 0. The molecule has 0 bridgehead atoms. The lowest BCUT2D eigenvalue weighted by molar-refractivity contribution is 0.469. The van der Waals surface area contributed by atoms with Gasteiger partial charge in [-0.05, 0) is 21.6 Å². The van der Waals surface area contributed by atoms with Gasteiger partial charge in [0.15, 0.2) is 0 Å². The van der Waals surface area contributed by atoms with Crippen LogP contribution in [-0.4, -0.2) is 0 Å². The molecule has 0 aliphatic heterocycles. The maximum atomic E-state index is 2.19. The van der Waals surface area contributed by atoms with E-state index < -0.39 is 0 Å². The Morgan fingerprint density at radius 3 is 0.667 bits per heavy atom. The average molecular weight is 333 g/mol. The van der Waals surface area contributed by atoms with Crippen LogP contribution in [-0.2, 0) is 0 Å². The van der Waals surface area contributed by atoms with Crippen LogP contribution in [0.3, 0.4) is 0 Å². The average Bonchev–Trinajstić information content (AvgIpc) is 2.48. The molecule has 0 saturated heterocycles. The Hall–Kier alpha value is -1.30. The van der Waals surface area contributed by atoms with Gasteiger partial charge in [-0.3, -0.25) is 0 Å². The van der Waals surface area contributed by atoms with Crippen molar-refractivity contribution >= 4 is 10.8 Å². The molecule has 0 aliphatic carbocycles. The minimum Gasteiger partial charge on any atom is -0.0683 e. The first-order valence-corrected chi connectivity index (χ1v) is 9.40. The van der Waals surface area contributed by atoms with E-state index in [0.29, 0.717) is 10.8 Å². The Morgan fingerprint density at radius 1 is 0.417 bits per heavy atom. The molecule has 0 aromatic heterocycles. The van der Waals surface area contributed by atoms with Crippen LogP contribution in [0.15, 0.2) is 48.5 Å². The van der Waals surface area contributed by atoms with Crippen molar-refractivity contribution in [2.75, 3.05) is 0 Å². The first kappa shape index (κ1) is 27.5. The highest BCUT2D eigenvalue weighted by atomic mass is 14.0. The molecule has 0 unspecified atom stereocenters. The molecule has 0 spiro atoms. The van der Waals surface area contributed by atoms with Gasteiger partial charge in [-0.25, -0.2) is 0 Å². The summed E-state index contributed by atoms with van der Waals surface area (Å²) in [5, 5.41) is 2.62. The predicted octanol–water partition coefficient (Wildman–Crippen LogP) is 9.00. The van der Waals surface area contributed by atoms with Crippen molar-refractivity contribution in [3.8, 4) is 0 Å². The van der Waals surface area contributed by atoms with Crippen LogP contribution < -0.4 is 0 Å². The summed E-state index contributed by atoms with van der Waals surface area (Å²) in [6, 6.07) is 16.7. The zero-order chi connectivity index (χ0) is 19.8. The van der Waals surface area contributed by atoms with E-state index in [4.69, 9.17) is 0 Å². The number of rotatable bonds is 0. The standard InChI is InChI=1S/C10H8.2C5H12.2C2H6/c1-2-6-10-8-4-3-7-9(10)5-1;2*1-5(2,3)4;2*1-2/h1-8H;2*1-4H3;2*1-2H3. The molecule has 0 radical (unpaired) electrons. The molecule has 0 saturated carbocycles. The van der Waals surface area contributed by atoms with Crippen LogP contribution in [0.25, 0.3) is 10.8 Å². The maximum Gasteiger partial charge on any atom is -0.0184 e. The smallest absolute Gasteiger partial charge is 0.0184 e. The monoisotopic (exact) mass is 332 g/mol. The largest absolute Gasteiger partial charge is 0.0683 e. The van der Waals surface area contributed by atoms with Gasteiger partial charge in [0.1, 0.15) is 0 Å². The zero-order valence-electron chi connectivity index (χ0n) is 18.6. The molecular weight excluding hydrogens is 288 g/mol. The molecule has 24 heavy (non-hydrogen) atoms. The highest BCUT2D eigenvalue weighted by molar-refractivity contribution is 5.81. The molecule has 0 fully saturated rings. The minimum atomic E-state index is 0.500. The van der Waals surface area contributed by atoms with Gasteiger partial charge in [0.05, 0.1) is 0 Å². The zero-order valence-corrected chi connectivity index (χ0v) is 18.6. The van der Waals surface area contributed by atoms with Gasteiger partial charge in [0.2, 0.25) is 0 Å². The third-order valence-electron chi connectivity index (χ3n) is 1.66. The Bertz CT molecular complexity index is 392. The Morgan fingerprint density at radius 2 is 0.542 bits per heavy atom. The highest BCUT2D eigenvalue weighted by Gasteiger charge is 1.96. The normalized spacial score (nSPS) is 9.67. The van der Waals surface area contributed by atoms with Gasteiger partial charge in [-0.2, -0.15) is 0 Å². The van der Waals surface area contributed by atoms with Crippen molar-refractivity contribution in [3.63, 3.8) is 0 Å². The first-order valence-electron chi connectivity index (χ1n) is 9.40. The van der Waals surface area contributed by atoms with Crippen LogP contribution in [0, 0.1) is 10.8 Å². The molecular formula is C24H44. The number of hydrogen-bond donors (Lipinski definition) is 0. The van der Waals surface area contributed by atoms with E-state index in [0.717, 1.165) is 0 Å². The number of benzene rings is 2. The van der Waals surface area contributed by atoms with Gasteiger partial charge >= 0.3 is 0 Å². The molecule has 2 aromatic carbocycles. The third-order valence-corrected chi connectivity index (χ3v) is 1.66. The fourth-order valence-corrected chi connectivity index (χ4v) is 1.13. The van der Waals surface area contributed by atoms with E-state index in [1.54, 1.807) is 0 Å². The molecule has 0 amide bonds. The van der Waals surface area contributed by atoms with Gasteiger partial charge in [0.25, 0.3) is 0 Å². The second-order valence-corrected chi connectivity index (χ2v) is 8.35. The lowest BCUT2D eigenvalue weighted by Gasteiger charge is -2.05. The second-order valence-electron chi connectivity index (χ2n) is 8.35. The van der Waals surface area contributed by atoms with Crippen molar-refractivity contribution in [1.82, 2.24) is 0 Å². The molecule has 140 valence electrons. The lowest BCUT2D eigenvalue weighted by atomic mass is 10.0. The SMILES string of the molecule is CC.CC.CC(C)(C)C.CC(C)(C)C.c1ccc2ccccc2c1. The van der Waals surface area contributed by atoms with Crippen LogP contribution >= 0.6 is 0 Å². The molecule has 0 N–H and O–H groups in total. The van der Waals surface area contributed by atoms with Crippen LogP contribution in [0.1, 0.15) is 83.1 Å². The van der Waals surface area contributed by atoms with Crippen LogP contribution in [0.5, 0.6) is 0 Å². The first-order chi connectivity index (χ1) is 11.0. The summed E-state index contributed by atoms with van der Waals surface area (Å²) in [6.45, 7) is 25.5. The molecule has 2 rings (SSSR count). The molecule has 0 atom stereocenters. The molecule has 0 nitrogen and oxygen atoms in total. The van der Waals surface area contributed by atoms with Crippen LogP contribution in [0.4, 0.5) is 0 Å². The summed E-state index contributed by atoms with van der Waals surface area (Å²) in [5.74, 6) is 0. The van der Waals surface area contributed by atoms with Gasteiger partial charge < -0.3 is 0 Å². The Kier molecular flexibility index (Phi) is 17.5. The van der Waals surface area contributed by atoms with Crippen LogP contribution in [0.2, 0.25) is 0 Å². The minimum absolute atomic E-state index is 0.500.